The molecule has 0 spiro atoms. The molecular weight excluding hydrogens is 282 g/mol. The van der Waals surface area contributed by atoms with Crippen LogP contribution < -0.4 is 0 Å². The van der Waals surface area contributed by atoms with E-state index < -0.39 is 0 Å². The van der Waals surface area contributed by atoms with Crippen LogP contribution >= 0.6 is 0 Å². The number of nitrogens with one attached hydrogen (secondary N) is 1. The van der Waals surface area contributed by atoms with E-state index in [1.165, 1.54) is 54.3 Å². The number of H-pyrrole nitrogens is 1. The standard InChI is InChI=1S/C20H23N3/c1-2-7-19(16-8-11-21-12-9-16)23(14-3-1)15-18-6-4-5-17-10-13-22-20(17)18/h4-6,8-13,19,22H,1-3,7,14-15H2/t19-/m0/s1. The highest BCUT2D eigenvalue weighted by molar-refractivity contribution is 5.82. The van der Waals surface area contributed by atoms with Crippen molar-refractivity contribution >= 4 is 10.9 Å². The number of aromatic amines is 1. The molecule has 3 aromatic rings. The Bertz CT molecular complexity index is 763. The minimum Gasteiger partial charge on any atom is -0.361 e. The number of hydrogen-bond acceptors (Lipinski definition) is 2. The minimum atomic E-state index is 0.505. The molecular formula is C20H23N3. The number of rotatable bonds is 3. The first-order chi connectivity index (χ1) is 11.4. The van der Waals surface area contributed by atoms with Gasteiger partial charge in [0.05, 0.1) is 0 Å². The number of aromatic nitrogens is 2. The average molecular weight is 305 g/mol. The lowest BCUT2D eigenvalue weighted by atomic mass is 10.0. The van der Waals surface area contributed by atoms with E-state index in [0.29, 0.717) is 6.04 Å². The van der Waals surface area contributed by atoms with Gasteiger partial charge in [-0.25, -0.2) is 0 Å². The molecule has 3 heterocycles. The van der Waals surface area contributed by atoms with Gasteiger partial charge in [-0.15, -0.1) is 0 Å². The predicted molar refractivity (Wildman–Crippen MR) is 94.2 cm³/mol. The van der Waals surface area contributed by atoms with E-state index in [9.17, 15) is 0 Å². The fraction of sp³-hybridized carbons (Fsp3) is 0.350. The fourth-order valence-electron chi connectivity index (χ4n) is 3.82. The average Bonchev–Trinajstić information content (AvgIpc) is 2.96. The second-order valence-corrected chi connectivity index (χ2v) is 6.48. The van der Waals surface area contributed by atoms with Crippen molar-refractivity contribution in [3.63, 3.8) is 0 Å². The number of likely N-dealkylation sites (tertiary alicyclic amines) is 1. The van der Waals surface area contributed by atoms with E-state index in [4.69, 9.17) is 0 Å². The summed E-state index contributed by atoms with van der Waals surface area (Å²) >= 11 is 0. The molecule has 118 valence electrons. The highest BCUT2D eigenvalue weighted by Crippen LogP contribution is 2.32. The molecule has 1 aromatic carbocycles. The van der Waals surface area contributed by atoms with E-state index in [2.05, 4.69) is 51.3 Å². The first-order valence-corrected chi connectivity index (χ1v) is 8.61. The van der Waals surface area contributed by atoms with Crippen LogP contribution in [0.15, 0.2) is 55.0 Å². The number of pyridine rings is 1. The third-order valence-electron chi connectivity index (χ3n) is 5.00. The van der Waals surface area contributed by atoms with Gasteiger partial charge in [-0.05, 0) is 54.1 Å². The molecule has 1 atom stereocenters. The summed E-state index contributed by atoms with van der Waals surface area (Å²) < 4.78 is 0. The Labute approximate surface area is 137 Å². The summed E-state index contributed by atoms with van der Waals surface area (Å²) in [6.07, 6.45) is 11.1. The third kappa shape index (κ3) is 3.02. The summed E-state index contributed by atoms with van der Waals surface area (Å²) in [4.78, 5) is 10.2. The normalized spacial score (nSPS) is 19.7. The minimum absolute atomic E-state index is 0.505. The van der Waals surface area contributed by atoms with Crippen LogP contribution in [0.25, 0.3) is 10.9 Å². The summed E-state index contributed by atoms with van der Waals surface area (Å²) in [5.74, 6) is 0. The maximum Gasteiger partial charge on any atom is 0.0499 e. The third-order valence-corrected chi connectivity index (χ3v) is 5.00. The van der Waals surface area contributed by atoms with E-state index in [0.717, 1.165) is 6.54 Å². The first-order valence-electron chi connectivity index (χ1n) is 8.61. The van der Waals surface area contributed by atoms with E-state index in [1.807, 2.05) is 18.6 Å². The van der Waals surface area contributed by atoms with Crippen LogP contribution in [0.3, 0.4) is 0 Å². The van der Waals surface area contributed by atoms with E-state index in [1.54, 1.807) is 0 Å². The van der Waals surface area contributed by atoms with Gasteiger partial charge in [0.15, 0.2) is 0 Å². The zero-order valence-corrected chi connectivity index (χ0v) is 13.4. The van der Waals surface area contributed by atoms with Crippen molar-refractivity contribution in [2.24, 2.45) is 0 Å². The van der Waals surface area contributed by atoms with Crippen LogP contribution in [0.2, 0.25) is 0 Å². The molecule has 0 aliphatic carbocycles. The van der Waals surface area contributed by atoms with Gasteiger partial charge in [0.1, 0.15) is 0 Å². The fourth-order valence-corrected chi connectivity index (χ4v) is 3.82. The number of hydrogen-bond donors (Lipinski definition) is 1. The van der Waals surface area contributed by atoms with Crippen molar-refractivity contribution < 1.29 is 0 Å². The molecule has 1 aliphatic rings. The zero-order chi connectivity index (χ0) is 15.5. The molecule has 0 bridgehead atoms. The molecule has 23 heavy (non-hydrogen) atoms. The summed E-state index contributed by atoms with van der Waals surface area (Å²) in [6.45, 7) is 2.18. The summed E-state index contributed by atoms with van der Waals surface area (Å²) in [5.41, 5.74) is 4.08. The number of para-hydroxylation sites is 1. The maximum atomic E-state index is 4.18. The van der Waals surface area contributed by atoms with Crippen LogP contribution in [-0.2, 0) is 6.54 Å². The second-order valence-electron chi connectivity index (χ2n) is 6.48. The molecule has 2 aromatic heterocycles. The Morgan fingerprint density at radius 1 is 1.04 bits per heavy atom. The van der Waals surface area contributed by atoms with E-state index >= 15 is 0 Å². The largest absolute Gasteiger partial charge is 0.361 e. The van der Waals surface area contributed by atoms with Crippen molar-refractivity contribution in [3.05, 3.63) is 66.1 Å². The smallest absolute Gasteiger partial charge is 0.0499 e. The lowest BCUT2D eigenvalue weighted by Gasteiger charge is -2.30. The van der Waals surface area contributed by atoms with Gasteiger partial charge in [0, 0.05) is 36.7 Å². The number of fused-ring (bicyclic) bond motifs is 1. The molecule has 1 N–H and O–H groups in total. The molecule has 0 saturated carbocycles. The monoisotopic (exact) mass is 305 g/mol. The van der Waals surface area contributed by atoms with Crippen LogP contribution in [-0.4, -0.2) is 21.4 Å². The van der Waals surface area contributed by atoms with Crippen LogP contribution in [0.4, 0.5) is 0 Å². The first kappa shape index (κ1) is 14.5. The van der Waals surface area contributed by atoms with Gasteiger partial charge in [-0.3, -0.25) is 9.88 Å². The second kappa shape index (κ2) is 6.55. The topological polar surface area (TPSA) is 31.9 Å². The van der Waals surface area contributed by atoms with Crippen molar-refractivity contribution in [2.45, 2.75) is 38.3 Å². The lowest BCUT2D eigenvalue weighted by Crippen LogP contribution is -2.28. The molecule has 1 saturated heterocycles. The van der Waals surface area contributed by atoms with Gasteiger partial charge in [-0.1, -0.05) is 31.0 Å². The molecule has 0 amide bonds. The maximum absolute atomic E-state index is 4.18. The SMILES string of the molecule is c1cc(CN2CCCCC[C@H]2c2ccncc2)c2[nH]ccc2c1. The molecule has 1 aliphatic heterocycles. The van der Waals surface area contributed by atoms with Crippen LogP contribution in [0.1, 0.15) is 42.9 Å². The molecule has 0 radical (unpaired) electrons. The van der Waals surface area contributed by atoms with Crippen molar-refractivity contribution in [1.29, 1.82) is 0 Å². The van der Waals surface area contributed by atoms with Gasteiger partial charge in [0.25, 0.3) is 0 Å². The number of benzene rings is 1. The molecule has 3 nitrogen and oxygen atoms in total. The van der Waals surface area contributed by atoms with E-state index in [-0.39, 0.29) is 0 Å². The van der Waals surface area contributed by atoms with Gasteiger partial charge < -0.3 is 4.98 Å². The zero-order valence-electron chi connectivity index (χ0n) is 13.4. The Kier molecular flexibility index (Phi) is 4.12. The Balaban J connectivity index is 1.65. The summed E-state index contributed by atoms with van der Waals surface area (Å²) in [6, 6.07) is 13.6. The Morgan fingerprint density at radius 3 is 2.87 bits per heavy atom. The highest BCUT2D eigenvalue weighted by Gasteiger charge is 2.23. The molecule has 4 rings (SSSR count). The Hall–Kier alpha value is -2.13. The summed E-state index contributed by atoms with van der Waals surface area (Å²) in [5, 5.41) is 1.30. The Morgan fingerprint density at radius 2 is 1.96 bits per heavy atom. The van der Waals surface area contributed by atoms with Gasteiger partial charge >= 0.3 is 0 Å². The lowest BCUT2D eigenvalue weighted by molar-refractivity contribution is 0.193. The molecule has 1 fully saturated rings. The molecule has 0 unspecified atom stereocenters. The van der Waals surface area contributed by atoms with Crippen LogP contribution in [0, 0.1) is 0 Å². The van der Waals surface area contributed by atoms with Crippen molar-refractivity contribution in [1.82, 2.24) is 14.9 Å². The predicted octanol–water partition coefficient (Wildman–Crippen LogP) is 4.68. The van der Waals surface area contributed by atoms with Crippen molar-refractivity contribution in [3.8, 4) is 0 Å². The van der Waals surface area contributed by atoms with Crippen molar-refractivity contribution in [2.75, 3.05) is 6.54 Å². The molecule has 3 heteroatoms. The quantitative estimate of drug-likeness (QED) is 0.762. The number of nitrogens with zero attached hydrogens (tertiary/aromatic N) is 2. The van der Waals surface area contributed by atoms with Gasteiger partial charge in [-0.2, -0.15) is 0 Å². The van der Waals surface area contributed by atoms with Crippen LogP contribution in [0.5, 0.6) is 0 Å². The summed E-state index contributed by atoms with van der Waals surface area (Å²) in [7, 11) is 0. The highest BCUT2D eigenvalue weighted by atomic mass is 15.2. The van der Waals surface area contributed by atoms with Gasteiger partial charge in [0.2, 0.25) is 0 Å².